The van der Waals surface area contributed by atoms with Gasteiger partial charge in [0.15, 0.2) is 0 Å². The van der Waals surface area contributed by atoms with Crippen molar-refractivity contribution in [3.05, 3.63) is 114 Å². The second-order valence-corrected chi connectivity index (χ2v) is 11.0. The minimum atomic E-state index is -0.288. The Balaban J connectivity index is 1.44. The lowest BCUT2D eigenvalue weighted by Crippen LogP contribution is -2.15. The molecule has 0 aliphatic heterocycles. The lowest BCUT2D eigenvalue weighted by molar-refractivity contribution is 0.631. The number of aryl methyl sites for hydroxylation is 1. The summed E-state index contributed by atoms with van der Waals surface area (Å²) < 4.78 is 22.7. The highest BCUT2D eigenvalue weighted by Crippen LogP contribution is 2.52. The Kier molecular flexibility index (Phi) is 4.14. The van der Waals surface area contributed by atoms with Crippen LogP contribution < -0.4 is 0 Å². The lowest BCUT2D eigenvalue weighted by atomic mass is 9.81. The van der Waals surface area contributed by atoms with Crippen molar-refractivity contribution in [3.63, 3.8) is 0 Å². The Morgan fingerprint density at radius 2 is 1.50 bits per heavy atom. The largest absolute Gasteiger partial charge is 0.455 e. The monoisotopic (exact) mass is 493 g/mol. The third-order valence-electron chi connectivity index (χ3n) is 8.45. The number of hydrogen-bond acceptors (Lipinski definition) is 2. The Hall–Kier alpha value is -4.50. The van der Waals surface area contributed by atoms with Crippen molar-refractivity contribution in [1.29, 1.82) is 0 Å². The van der Waals surface area contributed by atoms with Gasteiger partial charge in [0.1, 0.15) is 17.0 Å². The number of hydrogen-bond donors (Lipinski definition) is 0. The molecule has 7 aromatic rings. The second-order valence-electron chi connectivity index (χ2n) is 11.0. The molecule has 2 nitrogen and oxygen atoms in total. The van der Waals surface area contributed by atoms with Gasteiger partial charge in [0, 0.05) is 44.3 Å². The van der Waals surface area contributed by atoms with Crippen LogP contribution in [0, 0.1) is 12.7 Å². The molecule has 0 radical (unpaired) electrons. The average Bonchev–Trinajstić information content (AvgIpc) is 3.41. The van der Waals surface area contributed by atoms with Gasteiger partial charge in [0.2, 0.25) is 0 Å². The maximum absolute atomic E-state index is 16.3. The maximum Gasteiger partial charge on any atom is 0.144 e. The molecule has 1 aliphatic rings. The van der Waals surface area contributed by atoms with E-state index in [0.717, 1.165) is 66.0 Å². The van der Waals surface area contributed by atoms with Crippen molar-refractivity contribution in [2.24, 2.45) is 0 Å². The van der Waals surface area contributed by atoms with E-state index < -0.39 is 0 Å². The fourth-order valence-electron chi connectivity index (χ4n) is 6.54. The Labute approximate surface area is 219 Å². The van der Waals surface area contributed by atoms with Gasteiger partial charge in [-0.3, -0.25) is 4.98 Å². The van der Waals surface area contributed by atoms with Crippen LogP contribution in [0.15, 0.2) is 95.5 Å². The number of pyridine rings is 1. The van der Waals surface area contributed by atoms with Gasteiger partial charge in [0.05, 0.1) is 5.69 Å². The molecule has 5 aromatic carbocycles. The first-order valence-electron chi connectivity index (χ1n) is 13.0. The quantitative estimate of drug-likeness (QED) is 0.213. The van der Waals surface area contributed by atoms with Crippen molar-refractivity contribution in [3.8, 4) is 22.4 Å². The van der Waals surface area contributed by atoms with Crippen molar-refractivity contribution >= 4 is 43.5 Å². The van der Waals surface area contributed by atoms with E-state index in [-0.39, 0.29) is 11.2 Å². The van der Waals surface area contributed by atoms with Gasteiger partial charge in [-0.15, -0.1) is 0 Å². The van der Waals surface area contributed by atoms with Gasteiger partial charge in [-0.1, -0.05) is 80.1 Å². The zero-order valence-corrected chi connectivity index (χ0v) is 21.4. The van der Waals surface area contributed by atoms with Crippen LogP contribution in [0.1, 0.15) is 30.5 Å². The molecular formula is C35H24FNO. The number of aromatic nitrogens is 1. The van der Waals surface area contributed by atoms with E-state index in [9.17, 15) is 0 Å². The fourth-order valence-corrected chi connectivity index (χ4v) is 6.54. The molecule has 0 saturated carbocycles. The van der Waals surface area contributed by atoms with E-state index in [1.807, 2.05) is 42.6 Å². The molecule has 0 fully saturated rings. The summed E-state index contributed by atoms with van der Waals surface area (Å²) in [7, 11) is 0. The third kappa shape index (κ3) is 2.68. The molecule has 0 spiro atoms. The minimum absolute atomic E-state index is 0.146. The molecule has 38 heavy (non-hydrogen) atoms. The van der Waals surface area contributed by atoms with Crippen LogP contribution in [-0.2, 0) is 5.41 Å². The first-order valence-corrected chi connectivity index (χ1v) is 13.0. The van der Waals surface area contributed by atoms with Gasteiger partial charge < -0.3 is 4.42 Å². The Bertz CT molecular complexity index is 2130. The molecule has 1 aliphatic carbocycles. The molecule has 182 valence electrons. The number of benzene rings is 5. The Morgan fingerprint density at radius 1 is 0.684 bits per heavy atom. The number of para-hydroxylation sites is 2. The summed E-state index contributed by atoms with van der Waals surface area (Å²) in [4.78, 5) is 4.82. The SMILES string of the molecule is Cc1ccc2c(c1)C(C)(C)c1cc3c(ccc4c(-c5cccc6c5oc5ccccc56)nccc43)c(F)c1-2. The van der Waals surface area contributed by atoms with Crippen LogP contribution in [0.5, 0.6) is 0 Å². The van der Waals surface area contributed by atoms with Gasteiger partial charge in [-0.2, -0.15) is 0 Å². The molecular weight excluding hydrogens is 469 g/mol. The highest BCUT2D eigenvalue weighted by atomic mass is 19.1. The summed E-state index contributed by atoms with van der Waals surface area (Å²) in [5, 5.41) is 5.68. The predicted octanol–water partition coefficient (Wildman–Crippen LogP) is 9.71. The maximum atomic E-state index is 16.3. The smallest absolute Gasteiger partial charge is 0.144 e. The molecule has 2 heterocycles. The van der Waals surface area contributed by atoms with Crippen molar-refractivity contribution in [2.45, 2.75) is 26.2 Å². The lowest BCUT2D eigenvalue weighted by Gasteiger charge is -2.22. The van der Waals surface area contributed by atoms with E-state index >= 15 is 4.39 Å². The van der Waals surface area contributed by atoms with Gasteiger partial charge in [0.25, 0.3) is 0 Å². The molecule has 0 atom stereocenters. The predicted molar refractivity (Wildman–Crippen MR) is 154 cm³/mol. The summed E-state index contributed by atoms with van der Waals surface area (Å²) >= 11 is 0. The number of furan rings is 1. The molecule has 0 amide bonds. The second kappa shape index (κ2) is 7.29. The molecule has 0 saturated heterocycles. The van der Waals surface area contributed by atoms with E-state index in [0.29, 0.717) is 5.39 Å². The van der Waals surface area contributed by atoms with E-state index in [1.54, 1.807) is 0 Å². The topological polar surface area (TPSA) is 26.0 Å². The van der Waals surface area contributed by atoms with Crippen molar-refractivity contribution in [2.75, 3.05) is 0 Å². The summed E-state index contributed by atoms with van der Waals surface area (Å²) in [6, 6.07) is 28.8. The third-order valence-corrected chi connectivity index (χ3v) is 8.45. The molecule has 0 bridgehead atoms. The molecule has 0 N–H and O–H groups in total. The van der Waals surface area contributed by atoms with Gasteiger partial charge >= 0.3 is 0 Å². The van der Waals surface area contributed by atoms with Crippen LogP contribution in [0.25, 0.3) is 65.9 Å². The van der Waals surface area contributed by atoms with E-state index in [2.05, 4.69) is 69.3 Å². The zero-order chi connectivity index (χ0) is 25.8. The van der Waals surface area contributed by atoms with Crippen LogP contribution in [0.3, 0.4) is 0 Å². The number of nitrogens with zero attached hydrogens (tertiary/aromatic N) is 1. The van der Waals surface area contributed by atoms with Gasteiger partial charge in [-0.25, -0.2) is 4.39 Å². The molecule has 8 rings (SSSR count). The first kappa shape index (κ1) is 21.6. The van der Waals surface area contributed by atoms with E-state index in [1.165, 1.54) is 11.1 Å². The van der Waals surface area contributed by atoms with Crippen LogP contribution in [-0.4, -0.2) is 4.98 Å². The number of rotatable bonds is 1. The zero-order valence-electron chi connectivity index (χ0n) is 21.4. The average molecular weight is 494 g/mol. The molecule has 2 aromatic heterocycles. The number of fused-ring (bicyclic) bond motifs is 9. The fraction of sp³-hybridized carbons (Fsp3) is 0.114. The minimum Gasteiger partial charge on any atom is -0.455 e. The van der Waals surface area contributed by atoms with Crippen LogP contribution in [0.2, 0.25) is 0 Å². The van der Waals surface area contributed by atoms with Crippen LogP contribution >= 0.6 is 0 Å². The summed E-state index contributed by atoms with van der Waals surface area (Å²) in [5.74, 6) is -0.146. The summed E-state index contributed by atoms with van der Waals surface area (Å²) in [6.45, 7) is 6.49. The summed E-state index contributed by atoms with van der Waals surface area (Å²) in [5.41, 5.74) is 8.32. The highest BCUT2D eigenvalue weighted by Gasteiger charge is 2.38. The van der Waals surface area contributed by atoms with Gasteiger partial charge in [-0.05, 0) is 58.7 Å². The standard InChI is InChI=1S/C35H24FNO/c1-19-11-12-25-28(17-19)35(2,3)29-18-27-20-15-16-37-33(23(20)14-13-22(27)32(36)31(25)29)26-9-6-8-24-21-7-4-5-10-30(21)38-34(24)26/h4-18H,1-3H3. The first-order chi connectivity index (χ1) is 18.4. The van der Waals surface area contributed by atoms with E-state index in [4.69, 9.17) is 9.40 Å². The molecule has 0 unspecified atom stereocenters. The van der Waals surface area contributed by atoms with Crippen LogP contribution in [0.4, 0.5) is 4.39 Å². The summed E-state index contributed by atoms with van der Waals surface area (Å²) in [6.07, 6.45) is 1.83. The normalized spacial score (nSPS) is 14.0. The van der Waals surface area contributed by atoms with Crippen molar-refractivity contribution < 1.29 is 8.81 Å². The Morgan fingerprint density at radius 3 is 2.39 bits per heavy atom. The number of halogens is 1. The highest BCUT2D eigenvalue weighted by molar-refractivity contribution is 6.16. The molecule has 3 heteroatoms. The van der Waals surface area contributed by atoms with Crippen molar-refractivity contribution in [1.82, 2.24) is 4.98 Å².